The van der Waals surface area contributed by atoms with Gasteiger partial charge in [-0.25, -0.2) is 0 Å². The molecule has 1 aliphatic heterocycles. The number of phenolic OH excluding ortho intramolecular Hbond substituents is 1. The van der Waals surface area contributed by atoms with E-state index >= 15 is 0 Å². The summed E-state index contributed by atoms with van der Waals surface area (Å²) in [5.74, 6) is 1.24. The molecular weight excluding hydrogens is 318 g/mol. The summed E-state index contributed by atoms with van der Waals surface area (Å²) in [5.41, 5.74) is 3.77. The molecule has 1 heterocycles. The molecule has 130 valence electrons. The summed E-state index contributed by atoms with van der Waals surface area (Å²) in [6, 6.07) is 8.35. The second-order valence-electron chi connectivity index (χ2n) is 8.97. The third kappa shape index (κ3) is 2.75. The first-order chi connectivity index (χ1) is 11.0. The van der Waals surface area contributed by atoms with Crippen LogP contribution in [0.3, 0.4) is 0 Å². The molecule has 3 rings (SSSR count). The van der Waals surface area contributed by atoms with Gasteiger partial charge in [0.05, 0.1) is 0 Å². The van der Waals surface area contributed by atoms with Gasteiger partial charge in [-0.3, -0.25) is 0 Å². The Balaban J connectivity index is 2.33. The van der Waals surface area contributed by atoms with Crippen LogP contribution in [0.25, 0.3) is 10.8 Å². The van der Waals surface area contributed by atoms with Gasteiger partial charge in [0.1, 0.15) is 5.75 Å². The summed E-state index contributed by atoms with van der Waals surface area (Å²) < 4.78 is 0. The predicted octanol–water partition coefficient (Wildman–Crippen LogP) is 5.78. The van der Waals surface area contributed by atoms with E-state index in [4.69, 9.17) is 11.6 Å². The van der Waals surface area contributed by atoms with Crippen LogP contribution in [-0.2, 0) is 5.41 Å². The zero-order chi connectivity index (χ0) is 17.9. The van der Waals surface area contributed by atoms with E-state index in [0.717, 1.165) is 23.0 Å². The maximum atomic E-state index is 10.6. The number of halogens is 1. The molecule has 1 aliphatic rings. The maximum absolute atomic E-state index is 10.6. The molecule has 0 aliphatic carbocycles. The summed E-state index contributed by atoms with van der Waals surface area (Å²) >= 11 is 6.33. The second kappa shape index (κ2) is 5.56. The maximum Gasteiger partial charge on any atom is 0.125 e. The van der Waals surface area contributed by atoms with Gasteiger partial charge in [-0.2, -0.15) is 0 Å². The van der Waals surface area contributed by atoms with E-state index in [0.29, 0.717) is 17.5 Å². The Morgan fingerprint density at radius 3 is 2.29 bits per heavy atom. The Morgan fingerprint density at radius 2 is 1.75 bits per heavy atom. The molecular formula is C21H28ClNO. The third-order valence-electron chi connectivity index (χ3n) is 5.10. The van der Waals surface area contributed by atoms with Crippen LogP contribution >= 0.6 is 11.6 Å². The third-order valence-corrected chi connectivity index (χ3v) is 5.47. The first-order valence-corrected chi connectivity index (χ1v) is 9.21. The standard InChI is InChI=1S/C21H28ClNO/c1-20(2,3)14-7-8-15-16(9-14)19-13(11-22)12-23(21(4,5)6)17(19)10-18(15)24/h7-10,13,24H,11-12H2,1-6H3. The molecule has 0 amide bonds. The fourth-order valence-corrected chi connectivity index (χ4v) is 3.96. The molecule has 2 nitrogen and oxygen atoms in total. The largest absolute Gasteiger partial charge is 0.507 e. The Kier molecular flexibility index (Phi) is 4.03. The zero-order valence-corrected chi connectivity index (χ0v) is 16.3. The van der Waals surface area contributed by atoms with E-state index in [1.54, 1.807) is 0 Å². The number of anilines is 1. The highest BCUT2D eigenvalue weighted by Crippen LogP contribution is 2.48. The minimum atomic E-state index is -0.00267. The highest BCUT2D eigenvalue weighted by Gasteiger charge is 2.36. The normalized spacial score (nSPS) is 18.3. The van der Waals surface area contributed by atoms with Crippen LogP contribution < -0.4 is 4.90 Å². The minimum Gasteiger partial charge on any atom is -0.507 e. The number of phenols is 1. The number of hydrogen-bond acceptors (Lipinski definition) is 2. The lowest BCUT2D eigenvalue weighted by Crippen LogP contribution is -2.40. The molecule has 0 bridgehead atoms. The smallest absolute Gasteiger partial charge is 0.125 e. The van der Waals surface area contributed by atoms with Gasteiger partial charge in [-0.05, 0) is 42.7 Å². The van der Waals surface area contributed by atoms with Crippen molar-refractivity contribution >= 4 is 28.1 Å². The first-order valence-electron chi connectivity index (χ1n) is 8.67. The number of aromatic hydroxyl groups is 1. The zero-order valence-electron chi connectivity index (χ0n) is 15.6. The van der Waals surface area contributed by atoms with Crippen molar-refractivity contribution in [3.63, 3.8) is 0 Å². The lowest BCUT2D eigenvalue weighted by Gasteiger charge is -2.35. The van der Waals surface area contributed by atoms with Crippen LogP contribution in [0.4, 0.5) is 5.69 Å². The molecule has 0 radical (unpaired) electrons. The SMILES string of the molecule is CC(C)(C)c1ccc2c(O)cc3c(c2c1)C(CCl)CN3C(C)(C)C. The van der Waals surface area contributed by atoms with E-state index < -0.39 is 0 Å². The Hall–Kier alpha value is -1.41. The number of hydrogen-bond donors (Lipinski definition) is 1. The van der Waals surface area contributed by atoms with Crippen molar-refractivity contribution < 1.29 is 5.11 Å². The quantitative estimate of drug-likeness (QED) is 0.662. The highest BCUT2D eigenvalue weighted by atomic mass is 35.5. The van der Waals surface area contributed by atoms with Crippen LogP contribution in [0, 0.1) is 0 Å². The van der Waals surface area contributed by atoms with E-state index in [-0.39, 0.29) is 11.0 Å². The number of alkyl halides is 1. The first kappa shape index (κ1) is 17.4. The van der Waals surface area contributed by atoms with Crippen molar-refractivity contribution in [1.29, 1.82) is 0 Å². The van der Waals surface area contributed by atoms with E-state index in [2.05, 4.69) is 64.6 Å². The lowest BCUT2D eigenvalue weighted by molar-refractivity contribution is 0.479. The average Bonchev–Trinajstić information content (AvgIpc) is 2.84. The summed E-state index contributed by atoms with van der Waals surface area (Å²) in [5, 5.41) is 12.7. The fraction of sp³-hybridized carbons (Fsp3) is 0.524. The van der Waals surface area contributed by atoms with E-state index in [1.807, 2.05) is 6.07 Å². The van der Waals surface area contributed by atoms with Crippen molar-refractivity contribution in [2.24, 2.45) is 0 Å². The summed E-state index contributed by atoms with van der Waals surface area (Å²) in [4.78, 5) is 2.37. The van der Waals surface area contributed by atoms with Gasteiger partial charge >= 0.3 is 0 Å². The number of fused-ring (bicyclic) bond motifs is 3. The molecule has 2 aromatic carbocycles. The molecule has 1 atom stereocenters. The topological polar surface area (TPSA) is 23.5 Å². The van der Waals surface area contributed by atoms with Crippen LogP contribution in [0.15, 0.2) is 24.3 Å². The molecule has 2 aromatic rings. The van der Waals surface area contributed by atoms with Crippen molar-refractivity contribution in [1.82, 2.24) is 0 Å². The van der Waals surface area contributed by atoms with Crippen molar-refractivity contribution in [2.45, 2.75) is 58.4 Å². The Morgan fingerprint density at radius 1 is 1.08 bits per heavy atom. The lowest BCUT2D eigenvalue weighted by atomic mass is 9.84. The van der Waals surface area contributed by atoms with Gasteiger partial charge in [-0.15, -0.1) is 11.6 Å². The predicted molar refractivity (Wildman–Crippen MR) is 105 cm³/mol. The minimum absolute atomic E-state index is 0.00267. The Bertz CT molecular complexity index is 783. The van der Waals surface area contributed by atoms with Gasteiger partial charge in [0.2, 0.25) is 0 Å². The van der Waals surface area contributed by atoms with Gasteiger partial charge in [-0.1, -0.05) is 39.0 Å². The summed E-state index contributed by atoms with van der Waals surface area (Å²) in [7, 11) is 0. The van der Waals surface area contributed by atoms with Gasteiger partial charge in [0.15, 0.2) is 0 Å². The molecule has 0 fully saturated rings. The molecule has 0 saturated heterocycles. The second-order valence-corrected chi connectivity index (χ2v) is 9.28. The van der Waals surface area contributed by atoms with Crippen LogP contribution in [-0.4, -0.2) is 23.1 Å². The van der Waals surface area contributed by atoms with Gasteiger partial charge in [0.25, 0.3) is 0 Å². The molecule has 1 N–H and O–H groups in total. The number of nitrogens with zero attached hydrogens (tertiary/aromatic N) is 1. The number of rotatable bonds is 1. The molecule has 0 saturated carbocycles. The van der Waals surface area contributed by atoms with E-state index in [1.165, 1.54) is 11.1 Å². The Labute approximate surface area is 150 Å². The molecule has 1 unspecified atom stereocenters. The highest BCUT2D eigenvalue weighted by molar-refractivity contribution is 6.18. The molecule has 0 spiro atoms. The van der Waals surface area contributed by atoms with Crippen LogP contribution in [0.2, 0.25) is 0 Å². The monoisotopic (exact) mass is 345 g/mol. The number of benzene rings is 2. The van der Waals surface area contributed by atoms with Crippen molar-refractivity contribution in [3.05, 3.63) is 35.4 Å². The molecule has 24 heavy (non-hydrogen) atoms. The van der Waals surface area contributed by atoms with E-state index in [9.17, 15) is 5.11 Å². The van der Waals surface area contributed by atoms with Crippen molar-refractivity contribution in [2.75, 3.05) is 17.3 Å². The molecule has 3 heteroatoms. The van der Waals surface area contributed by atoms with Gasteiger partial charge in [0, 0.05) is 41.0 Å². The summed E-state index contributed by atoms with van der Waals surface area (Å²) in [6.07, 6.45) is 0. The molecule has 0 aromatic heterocycles. The van der Waals surface area contributed by atoms with Crippen molar-refractivity contribution in [3.8, 4) is 5.75 Å². The van der Waals surface area contributed by atoms with Crippen LogP contribution in [0.1, 0.15) is 58.6 Å². The fourth-order valence-electron chi connectivity index (χ4n) is 3.70. The average molecular weight is 346 g/mol. The van der Waals surface area contributed by atoms with Crippen LogP contribution in [0.5, 0.6) is 5.75 Å². The van der Waals surface area contributed by atoms with Gasteiger partial charge < -0.3 is 10.0 Å². The summed E-state index contributed by atoms with van der Waals surface area (Å²) in [6.45, 7) is 14.2.